The van der Waals surface area contributed by atoms with E-state index < -0.39 is 0 Å². The van der Waals surface area contributed by atoms with Gasteiger partial charge < -0.3 is 19.8 Å². The fraction of sp³-hybridized carbons (Fsp3) is 0.300. The van der Waals surface area contributed by atoms with Gasteiger partial charge in [-0.3, -0.25) is 4.99 Å². The van der Waals surface area contributed by atoms with E-state index in [-0.39, 0.29) is 24.0 Å². The van der Waals surface area contributed by atoms with Crippen molar-refractivity contribution in [1.82, 2.24) is 20.4 Å². The molecule has 3 aromatic rings. The lowest BCUT2D eigenvalue weighted by atomic mass is 10.2. The van der Waals surface area contributed by atoms with Gasteiger partial charge in [-0.1, -0.05) is 12.1 Å². The second kappa shape index (κ2) is 12.2. The number of halogens is 1. The van der Waals surface area contributed by atoms with Crippen molar-refractivity contribution in [3.63, 3.8) is 0 Å². The average molecular weight is 495 g/mol. The lowest BCUT2D eigenvalue weighted by Gasteiger charge is -2.12. The molecule has 0 amide bonds. The molecule has 0 radical (unpaired) electrons. The van der Waals surface area contributed by atoms with Crippen LogP contribution in [0.25, 0.3) is 5.69 Å². The normalized spacial score (nSPS) is 11.1. The van der Waals surface area contributed by atoms with Crippen LogP contribution >= 0.6 is 24.0 Å². The lowest BCUT2D eigenvalue weighted by molar-refractivity contribution is 0.105. The molecule has 7 nitrogen and oxygen atoms in total. The number of hydrogen-bond donors (Lipinski definition) is 2. The number of aromatic nitrogens is 2. The maximum Gasteiger partial charge on any atom is 0.191 e. The molecular formula is C20H26IN5O2. The third-order valence-electron chi connectivity index (χ3n) is 3.95. The van der Waals surface area contributed by atoms with E-state index in [2.05, 4.69) is 32.9 Å². The minimum atomic E-state index is 0. The molecule has 0 aliphatic heterocycles. The summed E-state index contributed by atoms with van der Waals surface area (Å²) in [4.78, 5) is 4.25. The quantitative estimate of drug-likeness (QED) is 0.206. The van der Waals surface area contributed by atoms with Gasteiger partial charge in [-0.15, -0.1) is 24.0 Å². The maximum absolute atomic E-state index is 5.57. The van der Waals surface area contributed by atoms with Crippen molar-refractivity contribution in [1.29, 1.82) is 0 Å². The minimum Gasteiger partial charge on any atom is -0.467 e. The van der Waals surface area contributed by atoms with Crippen LogP contribution in [0.3, 0.4) is 0 Å². The number of furan rings is 1. The molecule has 28 heavy (non-hydrogen) atoms. The monoisotopic (exact) mass is 495 g/mol. The molecule has 0 saturated heterocycles. The Kier molecular flexibility index (Phi) is 9.56. The van der Waals surface area contributed by atoms with E-state index >= 15 is 0 Å². The fourth-order valence-corrected chi connectivity index (χ4v) is 2.59. The number of guanidine groups is 1. The molecule has 0 fully saturated rings. The number of benzene rings is 1. The van der Waals surface area contributed by atoms with Gasteiger partial charge in [-0.05, 0) is 42.3 Å². The van der Waals surface area contributed by atoms with Gasteiger partial charge in [0.15, 0.2) is 5.96 Å². The highest BCUT2D eigenvalue weighted by Crippen LogP contribution is 2.09. The van der Waals surface area contributed by atoms with Crippen molar-refractivity contribution in [3.8, 4) is 5.69 Å². The van der Waals surface area contributed by atoms with Gasteiger partial charge in [0.25, 0.3) is 0 Å². The molecule has 8 heteroatoms. The number of rotatable bonds is 9. The zero-order valence-corrected chi connectivity index (χ0v) is 18.2. The number of hydrogen-bond acceptors (Lipinski definition) is 4. The summed E-state index contributed by atoms with van der Waals surface area (Å²) in [6, 6.07) is 13.9. The van der Waals surface area contributed by atoms with Crippen LogP contribution in [0.5, 0.6) is 0 Å². The predicted octanol–water partition coefficient (Wildman–Crippen LogP) is 3.36. The SMILES string of the molecule is CN=C(NCCCOCc1ccco1)NCc1cccc(-n2cccn2)c1.I. The molecule has 0 unspecified atom stereocenters. The van der Waals surface area contributed by atoms with Gasteiger partial charge in [0.05, 0.1) is 12.0 Å². The van der Waals surface area contributed by atoms with Gasteiger partial charge in [0.2, 0.25) is 0 Å². The number of aliphatic imine (C=N–C) groups is 1. The first-order valence-corrected chi connectivity index (χ1v) is 8.99. The zero-order valence-electron chi connectivity index (χ0n) is 15.9. The van der Waals surface area contributed by atoms with E-state index in [9.17, 15) is 0 Å². The molecule has 2 heterocycles. The molecule has 0 aliphatic carbocycles. The van der Waals surface area contributed by atoms with Crippen molar-refractivity contribution >= 4 is 29.9 Å². The molecule has 1 aromatic carbocycles. The van der Waals surface area contributed by atoms with E-state index in [4.69, 9.17) is 9.15 Å². The van der Waals surface area contributed by atoms with Crippen molar-refractivity contribution in [2.75, 3.05) is 20.2 Å². The van der Waals surface area contributed by atoms with Crippen LogP contribution in [0.2, 0.25) is 0 Å². The molecule has 150 valence electrons. The fourth-order valence-electron chi connectivity index (χ4n) is 2.59. The van der Waals surface area contributed by atoms with Crippen LogP contribution in [-0.4, -0.2) is 35.9 Å². The Balaban J connectivity index is 0.00000280. The summed E-state index contributed by atoms with van der Waals surface area (Å²) in [5.74, 6) is 1.61. The topological polar surface area (TPSA) is 76.6 Å². The van der Waals surface area contributed by atoms with Crippen molar-refractivity contribution in [2.45, 2.75) is 19.6 Å². The Morgan fingerprint density at radius 1 is 1.21 bits per heavy atom. The molecule has 0 spiro atoms. The Labute approximate surface area is 182 Å². The summed E-state index contributed by atoms with van der Waals surface area (Å²) in [5.41, 5.74) is 2.20. The predicted molar refractivity (Wildman–Crippen MR) is 120 cm³/mol. The van der Waals surface area contributed by atoms with Crippen LogP contribution in [0.15, 0.2) is 70.5 Å². The molecular weight excluding hydrogens is 469 g/mol. The standard InChI is InChI=1S/C20H25N5O2.HI/c1-21-20(22-9-5-12-26-16-19-8-3-13-27-19)23-15-17-6-2-7-18(14-17)25-11-4-10-24-25;/h2-4,6-8,10-11,13-14H,5,9,12,15-16H2,1H3,(H2,21,22,23);1H. The van der Waals surface area contributed by atoms with Crippen molar-refractivity contribution in [3.05, 3.63) is 72.4 Å². The summed E-state index contributed by atoms with van der Waals surface area (Å²) < 4.78 is 12.6. The maximum atomic E-state index is 5.57. The van der Waals surface area contributed by atoms with Crippen LogP contribution in [0.1, 0.15) is 17.7 Å². The number of ether oxygens (including phenoxy) is 1. The van der Waals surface area contributed by atoms with Gasteiger partial charge in [-0.25, -0.2) is 4.68 Å². The molecule has 2 aromatic heterocycles. The first-order valence-electron chi connectivity index (χ1n) is 8.99. The molecule has 0 aliphatic rings. The van der Waals surface area contributed by atoms with E-state index in [1.807, 2.05) is 41.2 Å². The smallest absolute Gasteiger partial charge is 0.191 e. The summed E-state index contributed by atoms with van der Waals surface area (Å²) in [5, 5.41) is 10.9. The van der Waals surface area contributed by atoms with Crippen molar-refractivity contribution < 1.29 is 9.15 Å². The molecule has 0 atom stereocenters. The Bertz CT molecular complexity index is 819. The van der Waals surface area contributed by atoms with Crippen LogP contribution in [0.4, 0.5) is 0 Å². The number of nitrogens with one attached hydrogen (secondary N) is 2. The van der Waals surface area contributed by atoms with Crippen molar-refractivity contribution in [2.24, 2.45) is 4.99 Å². The Hall–Kier alpha value is -2.33. The highest BCUT2D eigenvalue weighted by molar-refractivity contribution is 14.0. The van der Waals surface area contributed by atoms with Gasteiger partial charge in [0, 0.05) is 39.1 Å². The molecule has 3 rings (SSSR count). The van der Waals surface area contributed by atoms with E-state index in [0.29, 0.717) is 19.8 Å². The second-order valence-corrected chi connectivity index (χ2v) is 5.96. The van der Waals surface area contributed by atoms with Crippen LogP contribution < -0.4 is 10.6 Å². The first-order chi connectivity index (χ1) is 13.3. The van der Waals surface area contributed by atoms with Crippen LogP contribution in [-0.2, 0) is 17.9 Å². The number of nitrogens with zero attached hydrogens (tertiary/aromatic N) is 3. The largest absolute Gasteiger partial charge is 0.467 e. The summed E-state index contributed by atoms with van der Waals surface area (Å²) in [6.07, 6.45) is 6.24. The second-order valence-electron chi connectivity index (χ2n) is 5.96. The van der Waals surface area contributed by atoms with E-state index in [1.165, 1.54) is 0 Å². The lowest BCUT2D eigenvalue weighted by Crippen LogP contribution is -2.37. The highest BCUT2D eigenvalue weighted by Gasteiger charge is 2.01. The zero-order chi connectivity index (χ0) is 18.7. The highest BCUT2D eigenvalue weighted by atomic mass is 127. The van der Waals surface area contributed by atoms with E-state index in [0.717, 1.165) is 35.9 Å². The summed E-state index contributed by atoms with van der Waals surface area (Å²) >= 11 is 0. The third kappa shape index (κ3) is 7.01. The van der Waals surface area contributed by atoms with Gasteiger partial charge in [0.1, 0.15) is 12.4 Å². The van der Waals surface area contributed by atoms with E-state index in [1.54, 1.807) is 19.5 Å². The Morgan fingerprint density at radius 3 is 2.89 bits per heavy atom. The first kappa shape index (κ1) is 22.0. The van der Waals surface area contributed by atoms with Crippen LogP contribution in [0, 0.1) is 0 Å². The Morgan fingerprint density at radius 2 is 2.14 bits per heavy atom. The summed E-state index contributed by atoms with van der Waals surface area (Å²) in [7, 11) is 1.77. The van der Waals surface area contributed by atoms with Gasteiger partial charge in [-0.2, -0.15) is 5.10 Å². The average Bonchev–Trinajstić information content (AvgIpc) is 3.41. The summed E-state index contributed by atoms with van der Waals surface area (Å²) in [6.45, 7) is 2.64. The third-order valence-corrected chi connectivity index (χ3v) is 3.95. The minimum absolute atomic E-state index is 0. The molecule has 2 N–H and O–H groups in total. The van der Waals surface area contributed by atoms with Gasteiger partial charge >= 0.3 is 0 Å². The molecule has 0 bridgehead atoms. The molecule has 0 saturated carbocycles.